The third-order valence-electron chi connectivity index (χ3n) is 6.76. The maximum Gasteiger partial charge on any atom is 0.229 e. The molecule has 0 saturated heterocycles. The van der Waals surface area contributed by atoms with Gasteiger partial charge >= 0.3 is 0 Å². The summed E-state index contributed by atoms with van der Waals surface area (Å²) in [6, 6.07) is 5.21. The Morgan fingerprint density at radius 3 is 2.38 bits per heavy atom. The Labute approximate surface area is 218 Å². The molecule has 1 aliphatic rings. The fourth-order valence-corrected chi connectivity index (χ4v) is 5.92. The molecule has 1 saturated carbocycles. The summed E-state index contributed by atoms with van der Waals surface area (Å²) >= 11 is 1.50. The molecule has 5 rings (SSSR count). The van der Waals surface area contributed by atoms with Crippen molar-refractivity contribution in [2.75, 3.05) is 10.6 Å². The van der Waals surface area contributed by atoms with Crippen molar-refractivity contribution in [2.24, 2.45) is 5.92 Å². The van der Waals surface area contributed by atoms with Gasteiger partial charge < -0.3 is 26.0 Å². The number of hydrogen-bond donors (Lipinski definition) is 5. The first-order valence-corrected chi connectivity index (χ1v) is 13.0. The third kappa shape index (κ3) is 5.12. The van der Waals surface area contributed by atoms with Crippen LogP contribution in [0.15, 0.2) is 30.6 Å². The molecule has 4 aromatic heterocycles. The minimum Gasteiger partial charge on any atom is -0.390 e. The van der Waals surface area contributed by atoms with E-state index < -0.39 is 29.8 Å². The van der Waals surface area contributed by atoms with Crippen LogP contribution in [0.3, 0.4) is 0 Å². The first-order valence-electron chi connectivity index (χ1n) is 12.2. The lowest BCUT2D eigenvalue weighted by Gasteiger charge is -2.28. The topological polar surface area (TPSA) is 149 Å². The Balaban J connectivity index is 1.54. The van der Waals surface area contributed by atoms with Gasteiger partial charge in [0.25, 0.3) is 0 Å². The molecule has 4 atom stereocenters. The molecule has 0 unspecified atom stereocenters. The fraction of sp³-hybridized carbons (Fsp3) is 0.423. The van der Waals surface area contributed by atoms with Crippen molar-refractivity contribution < 1.29 is 15.3 Å². The summed E-state index contributed by atoms with van der Waals surface area (Å²) in [6.07, 6.45) is 1.67. The maximum absolute atomic E-state index is 10.8. The van der Waals surface area contributed by atoms with Gasteiger partial charge in [0.15, 0.2) is 0 Å². The number of nitrogens with one attached hydrogen (secondary N) is 2. The first-order chi connectivity index (χ1) is 17.5. The largest absolute Gasteiger partial charge is 0.390 e. The van der Waals surface area contributed by atoms with E-state index in [0.717, 1.165) is 33.0 Å². The molecule has 1 fully saturated rings. The van der Waals surface area contributed by atoms with Crippen LogP contribution in [0.1, 0.15) is 37.4 Å². The van der Waals surface area contributed by atoms with E-state index in [1.54, 1.807) is 26.2 Å². The first kappa shape index (κ1) is 25.4. The van der Waals surface area contributed by atoms with Gasteiger partial charge in [-0.25, -0.2) is 9.97 Å². The lowest BCUT2D eigenvalue weighted by molar-refractivity contribution is -0.0601. The van der Waals surface area contributed by atoms with Crippen LogP contribution >= 0.6 is 11.3 Å². The lowest BCUT2D eigenvalue weighted by Crippen LogP contribution is -2.40. The molecule has 11 heteroatoms. The van der Waals surface area contributed by atoms with Crippen LogP contribution in [0.2, 0.25) is 0 Å². The zero-order chi connectivity index (χ0) is 26.5. The van der Waals surface area contributed by atoms with Gasteiger partial charge in [0.1, 0.15) is 22.4 Å². The van der Waals surface area contributed by atoms with Gasteiger partial charge in [0, 0.05) is 35.4 Å². The molecule has 0 radical (unpaired) electrons. The van der Waals surface area contributed by atoms with Crippen LogP contribution in [0.4, 0.5) is 17.5 Å². The van der Waals surface area contributed by atoms with Crippen molar-refractivity contribution >= 4 is 39.0 Å². The van der Waals surface area contributed by atoms with Crippen LogP contribution in [0.25, 0.3) is 20.8 Å². The highest BCUT2D eigenvalue weighted by Gasteiger charge is 2.47. The highest BCUT2D eigenvalue weighted by Crippen LogP contribution is 2.39. The Morgan fingerprint density at radius 1 is 1.00 bits per heavy atom. The number of rotatable bonds is 6. The molecule has 5 N–H and O–H groups in total. The summed E-state index contributed by atoms with van der Waals surface area (Å²) in [5.41, 5.74) is 3.72. The number of aryl methyl sites for hydroxylation is 3. The van der Waals surface area contributed by atoms with Crippen molar-refractivity contribution in [1.82, 2.24) is 24.9 Å². The number of hydrogen-bond acceptors (Lipinski definition) is 11. The zero-order valence-electron chi connectivity index (χ0n) is 21.4. The average Bonchev–Trinajstić information content (AvgIpc) is 3.36. The van der Waals surface area contributed by atoms with E-state index in [0.29, 0.717) is 28.8 Å². The molecule has 0 bridgehead atoms. The number of fused-ring (bicyclic) bond motifs is 1. The Bertz CT molecular complexity index is 1430. The standard InChI is InChI=1S/C26H31N7O3S/c1-12-8-15(9-13(2)29-12)30-25-28-11-16(24-32-20-14(3)27-7-6-19(20)37-24)23(33-25)31-18-10-17(26(4,5)36)21(34)22(18)35/h6-9,11,17-18,21-22,34-36H,10H2,1-5H3,(H2,28,29,30,31,33)/t17-,18-,21-,22+/m1/s1. The van der Waals surface area contributed by atoms with E-state index in [-0.39, 0.29) is 0 Å². The second kappa shape index (κ2) is 9.56. The minimum atomic E-state index is -1.15. The van der Waals surface area contributed by atoms with Crippen LogP contribution in [0.5, 0.6) is 0 Å². The van der Waals surface area contributed by atoms with Crippen LogP contribution < -0.4 is 10.6 Å². The molecule has 0 aliphatic heterocycles. The number of pyridine rings is 2. The molecule has 10 nitrogen and oxygen atoms in total. The minimum absolute atomic E-state index is 0.363. The van der Waals surface area contributed by atoms with Gasteiger partial charge in [0.05, 0.1) is 33.7 Å². The van der Waals surface area contributed by atoms with Crippen molar-refractivity contribution in [3.05, 3.63) is 47.7 Å². The zero-order valence-corrected chi connectivity index (χ0v) is 22.2. The molecule has 0 aromatic carbocycles. The number of aromatic nitrogens is 5. The predicted molar refractivity (Wildman–Crippen MR) is 144 cm³/mol. The third-order valence-corrected chi connectivity index (χ3v) is 7.81. The van der Waals surface area contributed by atoms with E-state index in [1.165, 1.54) is 11.3 Å². The molecule has 1 aliphatic carbocycles. The van der Waals surface area contributed by atoms with E-state index in [2.05, 4.69) is 25.6 Å². The molecule has 37 heavy (non-hydrogen) atoms. The number of aliphatic hydroxyl groups excluding tert-OH is 2. The van der Waals surface area contributed by atoms with E-state index >= 15 is 0 Å². The van der Waals surface area contributed by atoms with Gasteiger partial charge in [-0.1, -0.05) is 0 Å². The second-order valence-electron chi connectivity index (χ2n) is 10.2. The van der Waals surface area contributed by atoms with Gasteiger partial charge in [-0.05, 0) is 59.2 Å². The summed E-state index contributed by atoms with van der Waals surface area (Å²) in [7, 11) is 0. The molecular weight excluding hydrogens is 490 g/mol. The molecule has 4 heterocycles. The van der Waals surface area contributed by atoms with Crippen molar-refractivity contribution in [3.8, 4) is 10.6 Å². The van der Waals surface area contributed by atoms with Gasteiger partial charge in [-0.15, -0.1) is 11.3 Å². The SMILES string of the molecule is Cc1cc(Nc2ncc(-c3nc4c(C)nccc4s3)c(N[C@@H]3C[C@@H](C(C)(C)O)[C@@H](O)[C@H]3O)n2)cc(C)n1. The van der Waals surface area contributed by atoms with Crippen molar-refractivity contribution in [1.29, 1.82) is 0 Å². The highest BCUT2D eigenvalue weighted by molar-refractivity contribution is 7.21. The summed E-state index contributed by atoms with van der Waals surface area (Å²) in [5, 5.41) is 39.3. The molecule has 0 amide bonds. The highest BCUT2D eigenvalue weighted by atomic mass is 32.1. The monoisotopic (exact) mass is 521 g/mol. The molecule has 194 valence electrons. The number of anilines is 3. The lowest BCUT2D eigenvalue weighted by atomic mass is 9.88. The van der Waals surface area contributed by atoms with Gasteiger partial charge in [-0.2, -0.15) is 4.98 Å². The summed E-state index contributed by atoms with van der Waals surface area (Å²) in [5.74, 6) is 0.335. The normalized spacial score (nSPS) is 21.9. The van der Waals surface area contributed by atoms with E-state index in [4.69, 9.17) is 9.97 Å². The maximum atomic E-state index is 10.8. The number of aliphatic hydroxyl groups is 3. The Kier molecular flexibility index (Phi) is 6.57. The average molecular weight is 522 g/mol. The van der Waals surface area contributed by atoms with Crippen LogP contribution in [-0.4, -0.2) is 64.1 Å². The second-order valence-corrected chi connectivity index (χ2v) is 11.2. The fourth-order valence-electron chi connectivity index (χ4n) is 4.90. The van der Waals surface area contributed by atoms with E-state index in [1.807, 2.05) is 39.0 Å². The summed E-state index contributed by atoms with van der Waals surface area (Å²) < 4.78 is 0.997. The number of thiazole rings is 1. The summed E-state index contributed by atoms with van der Waals surface area (Å²) in [6.45, 7) is 9.05. The van der Waals surface area contributed by atoms with Gasteiger partial charge in [-0.3, -0.25) is 9.97 Å². The van der Waals surface area contributed by atoms with Crippen molar-refractivity contribution in [3.63, 3.8) is 0 Å². The number of nitrogens with zero attached hydrogens (tertiary/aromatic N) is 5. The molecule has 4 aromatic rings. The Morgan fingerprint density at radius 2 is 1.73 bits per heavy atom. The molecular formula is C26H31N7O3S. The van der Waals surface area contributed by atoms with E-state index in [9.17, 15) is 15.3 Å². The molecule has 0 spiro atoms. The predicted octanol–water partition coefficient (Wildman–Crippen LogP) is 3.51. The van der Waals surface area contributed by atoms with Crippen LogP contribution in [0, 0.1) is 26.7 Å². The van der Waals surface area contributed by atoms with Crippen LogP contribution in [-0.2, 0) is 0 Å². The smallest absolute Gasteiger partial charge is 0.229 e. The summed E-state index contributed by atoms with van der Waals surface area (Å²) in [4.78, 5) is 22.8. The van der Waals surface area contributed by atoms with Crippen molar-refractivity contribution in [2.45, 2.75) is 64.9 Å². The Hall–Kier alpha value is -3.25. The quantitative estimate of drug-likeness (QED) is 0.255. The van der Waals surface area contributed by atoms with Gasteiger partial charge in [0.2, 0.25) is 5.95 Å².